The molecule has 5 heteroatoms. The fourth-order valence-corrected chi connectivity index (χ4v) is 2.66. The number of phenols is 1. The Morgan fingerprint density at radius 2 is 2.09 bits per heavy atom. The summed E-state index contributed by atoms with van der Waals surface area (Å²) in [6.45, 7) is 4.24. The number of aromatic hydroxyl groups is 1. The van der Waals surface area contributed by atoms with E-state index in [0.717, 1.165) is 5.56 Å². The molecule has 0 unspecified atom stereocenters. The molecule has 0 spiro atoms. The Balaban J connectivity index is 2.07. The van der Waals surface area contributed by atoms with Crippen molar-refractivity contribution in [1.82, 2.24) is 0 Å². The standard InChI is InChI=1S/C18H24O5/c1-18(2)22-12-13(8-4-3-5-11-16(20)21)17(23-18)14-9-6-7-10-15(14)19/h3-4,6-7,9-10,13,17,19H,5,8,11-12H2,1-2H3,(H,20,21)/t13-,17+/m1/s1. The van der Waals surface area contributed by atoms with Crippen LogP contribution in [0.5, 0.6) is 5.75 Å². The topological polar surface area (TPSA) is 76.0 Å². The van der Waals surface area contributed by atoms with E-state index in [1.54, 1.807) is 12.1 Å². The third-order valence-corrected chi connectivity index (χ3v) is 3.86. The fraction of sp³-hybridized carbons (Fsp3) is 0.500. The maximum atomic E-state index is 10.5. The number of benzene rings is 1. The van der Waals surface area contributed by atoms with Crippen LogP contribution < -0.4 is 0 Å². The summed E-state index contributed by atoms with van der Waals surface area (Å²) in [6, 6.07) is 7.17. The van der Waals surface area contributed by atoms with Gasteiger partial charge in [0.15, 0.2) is 5.79 Å². The molecule has 0 bridgehead atoms. The van der Waals surface area contributed by atoms with E-state index < -0.39 is 11.8 Å². The first-order valence-electron chi connectivity index (χ1n) is 7.85. The Hall–Kier alpha value is -1.85. The molecule has 2 rings (SSSR count). The smallest absolute Gasteiger partial charge is 0.303 e. The SMILES string of the molecule is CC1(C)OC[C@@H](CC=CCCC(=O)O)[C@@H](c2ccccc2O)O1. The summed E-state index contributed by atoms with van der Waals surface area (Å²) in [5.74, 6) is -1.21. The summed E-state index contributed by atoms with van der Waals surface area (Å²) < 4.78 is 11.8. The minimum atomic E-state index is -0.798. The Kier molecular flexibility index (Phi) is 5.80. The summed E-state index contributed by atoms with van der Waals surface area (Å²) in [7, 11) is 0. The molecule has 0 radical (unpaired) electrons. The summed E-state index contributed by atoms with van der Waals surface area (Å²) in [5.41, 5.74) is 0.757. The average molecular weight is 320 g/mol. The van der Waals surface area contributed by atoms with Crippen molar-refractivity contribution in [2.75, 3.05) is 6.61 Å². The number of rotatable bonds is 6. The van der Waals surface area contributed by atoms with Crippen molar-refractivity contribution >= 4 is 5.97 Å². The molecule has 126 valence electrons. The Morgan fingerprint density at radius 1 is 1.35 bits per heavy atom. The Morgan fingerprint density at radius 3 is 2.78 bits per heavy atom. The molecule has 1 aromatic rings. The number of hydrogen-bond acceptors (Lipinski definition) is 4. The van der Waals surface area contributed by atoms with Crippen molar-refractivity contribution in [2.24, 2.45) is 5.92 Å². The number of ether oxygens (including phenoxy) is 2. The summed E-state index contributed by atoms with van der Waals surface area (Å²) >= 11 is 0. The van der Waals surface area contributed by atoms with Gasteiger partial charge in [0.1, 0.15) is 5.75 Å². The lowest BCUT2D eigenvalue weighted by Crippen LogP contribution is -2.41. The number of carboxylic acids is 1. The maximum Gasteiger partial charge on any atom is 0.303 e. The molecule has 1 aromatic carbocycles. The van der Waals surface area contributed by atoms with Crippen LogP contribution >= 0.6 is 0 Å². The first-order valence-corrected chi connectivity index (χ1v) is 7.85. The molecule has 0 amide bonds. The normalized spacial score (nSPS) is 23.9. The van der Waals surface area contributed by atoms with E-state index in [0.29, 0.717) is 19.4 Å². The lowest BCUT2D eigenvalue weighted by atomic mass is 9.91. The van der Waals surface area contributed by atoms with E-state index in [1.165, 1.54) is 0 Å². The van der Waals surface area contributed by atoms with Crippen LogP contribution in [0.2, 0.25) is 0 Å². The zero-order valence-electron chi connectivity index (χ0n) is 13.6. The highest BCUT2D eigenvalue weighted by atomic mass is 16.7. The maximum absolute atomic E-state index is 10.5. The van der Waals surface area contributed by atoms with Gasteiger partial charge in [-0.2, -0.15) is 0 Å². The third kappa shape index (κ3) is 5.08. The van der Waals surface area contributed by atoms with Gasteiger partial charge in [0.05, 0.1) is 12.7 Å². The van der Waals surface area contributed by atoms with Gasteiger partial charge in [-0.05, 0) is 32.8 Å². The highest BCUT2D eigenvalue weighted by Gasteiger charge is 2.37. The molecule has 5 nitrogen and oxygen atoms in total. The van der Waals surface area contributed by atoms with E-state index in [9.17, 15) is 9.90 Å². The van der Waals surface area contributed by atoms with Gasteiger partial charge in [0.2, 0.25) is 0 Å². The van der Waals surface area contributed by atoms with E-state index in [-0.39, 0.29) is 24.2 Å². The summed E-state index contributed by atoms with van der Waals surface area (Å²) in [5, 5.41) is 18.8. The number of para-hydroxylation sites is 1. The molecule has 0 aromatic heterocycles. The minimum absolute atomic E-state index is 0.0670. The number of carbonyl (C=O) groups is 1. The molecule has 2 N–H and O–H groups in total. The quantitative estimate of drug-likeness (QED) is 0.783. The van der Waals surface area contributed by atoms with Crippen molar-refractivity contribution in [3.05, 3.63) is 42.0 Å². The molecule has 1 heterocycles. The zero-order valence-corrected chi connectivity index (χ0v) is 13.6. The largest absolute Gasteiger partial charge is 0.508 e. The van der Waals surface area contributed by atoms with Crippen molar-refractivity contribution in [2.45, 2.75) is 45.0 Å². The van der Waals surface area contributed by atoms with Crippen LogP contribution in [0.25, 0.3) is 0 Å². The molecule has 1 saturated heterocycles. The third-order valence-electron chi connectivity index (χ3n) is 3.86. The fourth-order valence-electron chi connectivity index (χ4n) is 2.66. The molecule has 0 aliphatic carbocycles. The predicted molar refractivity (Wildman–Crippen MR) is 86.1 cm³/mol. The zero-order chi connectivity index (χ0) is 16.9. The average Bonchev–Trinajstić information content (AvgIpc) is 2.48. The Labute approximate surface area is 136 Å². The second-order valence-electron chi connectivity index (χ2n) is 6.21. The number of hydrogen-bond donors (Lipinski definition) is 2. The van der Waals surface area contributed by atoms with Gasteiger partial charge in [0, 0.05) is 17.9 Å². The monoisotopic (exact) mass is 320 g/mol. The van der Waals surface area contributed by atoms with Gasteiger partial charge in [-0.1, -0.05) is 30.4 Å². The first kappa shape index (κ1) is 17.5. The van der Waals surface area contributed by atoms with Gasteiger partial charge < -0.3 is 19.7 Å². The highest BCUT2D eigenvalue weighted by molar-refractivity contribution is 5.66. The first-order chi connectivity index (χ1) is 10.9. The number of carboxylic acid groups (broad SMARTS) is 1. The van der Waals surface area contributed by atoms with Crippen molar-refractivity contribution in [1.29, 1.82) is 0 Å². The lowest BCUT2D eigenvalue weighted by Gasteiger charge is -2.41. The van der Waals surface area contributed by atoms with Crippen molar-refractivity contribution in [3.63, 3.8) is 0 Å². The highest BCUT2D eigenvalue weighted by Crippen LogP contribution is 2.41. The van der Waals surface area contributed by atoms with E-state index >= 15 is 0 Å². The molecule has 1 aliphatic heterocycles. The number of aliphatic carboxylic acids is 1. The van der Waals surface area contributed by atoms with E-state index in [2.05, 4.69) is 0 Å². The molecule has 23 heavy (non-hydrogen) atoms. The van der Waals surface area contributed by atoms with E-state index in [4.69, 9.17) is 14.6 Å². The summed E-state index contributed by atoms with van der Waals surface area (Å²) in [6.07, 6.45) is 4.92. The predicted octanol–water partition coefficient (Wildman–Crippen LogP) is 3.64. The van der Waals surface area contributed by atoms with Gasteiger partial charge in [-0.15, -0.1) is 0 Å². The van der Waals surface area contributed by atoms with Crippen LogP contribution in [0.4, 0.5) is 0 Å². The van der Waals surface area contributed by atoms with Crippen LogP contribution in [-0.2, 0) is 14.3 Å². The van der Waals surface area contributed by atoms with Gasteiger partial charge in [-0.3, -0.25) is 4.79 Å². The van der Waals surface area contributed by atoms with Crippen molar-refractivity contribution in [3.8, 4) is 5.75 Å². The molecular formula is C18H24O5. The van der Waals surface area contributed by atoms with Gasteiger partial charge in [0.25, 0.3) is 0 Å². The number of allylic oxidation sites excluding steroid dienone is 2. The van der Waals surface area contributed by atoms with Gasteiger partial charge in [-0.25, -0.2) is 0 Å². The van der Waals surface area contributed by atoms with Crippen LogP contribution in [-0.4, -0.2) is 28.6 Å². The van der Waals surface area contributed by atoms with Crippen LogP contribution in [0.3, 0.4) is 0 Å². The second kappa shape index (κ2) is 7.62. The lowest BCUT2D eigenvalue weighted by molar-refractivity contribution is -0.295. The Bertz CT molecular complexity index is 564. The summed E-state index contributed by atoms with van der Waals surface area (Å²) in [4.78, 5) is 10.5. The molecule has 1 aliphatic rings. The van der Waals surface area contributed by atoms with Crippen LogP contribution in [0.1, 0.15) is 44.8 Å². The van der Waals surface area contributed by atoms with Crippen LogP contribution in [0.15, 0.2) is 36.4 Å². The molecule has 2 atom stereocenters. The number of phenolic OH excluding ortho intramolecular Hbond substituents is 1. The van der Waals surface area contributed by atoms with E-state index in [1.807, 2.05) is 38.1 Å². The van der Waals surface area contributed by atoms with Crippen LogP contribution in [0, 0.1) is 5.92 Å². The second-order valence-corrected chi connectivity index (χ2v) is 6.21. The van der Waals surface area contributed by atoms with Crippen molar-refractivity contribution < 1.29 is 24.5 Å². The molecule has 0 saturated carbocycles. The molecular weight excluding hydrogens is 296 g/mol. The minimum Gasteiger partial charge on any atom is -0.508 e. The molecule has 1 fully saturated rings. The van der Waals surface area contributed by atoms with Gasteiger partial charge >= 0.3 is 5.97 Å².